The van der Waals surface area contributed by atoms with Gasteiger partial charge in [-0.05, 0) is 45.4 Å². The van der Waals surface area contributed by atoms with Crippen LogP contribution in [0.3, 0.4) is 0 Å². The second-order valence-corrected chi connectivity index (χ2v) is 8.76. The van der Waals surface area contributed by atoms with E-state index in [2.05, 4.69) is 27.3 Å². The normalized spacial score (nSPS) is 17.9. The highest BCUT2D eigenvalue weighted by molar-refractivity contribution is 14.0. The molecular formula is C15H33IN4O2S. The van der Waals surface area contributed by atoms with E-state index in [1.165, 1.54) is 31.9 Å². The lowest BCUT2D eigenvalue weighted by Crippen LogP contribution is -2.48. The minimum atomic E-state index is -3.24. The van der Waals surface area contributed by atoms with Crippen LogP contribution < -0.4 is 15.4 Å². The number of nitrogens with zero attached hydrogens (tertiary/aromatic N) is 1. The van der Waals surface area contributed by atoms with Crippen molar-refractivity contribution in [3.63, 3.8) is 0 Å². The van der Waals surface area contributed by atoms with Crippen LogP contribution in [0.2, 0.25) is 0 Å². The number of hydrogen-bond donors (Lipinski definition) is 3. The topological polar surface area (TPSA) is 82.6 Å². The average Bonchev–Trinajstić information content (AvgIpc) is 2.32. The van der Waals surface area contributed by atoms with Crippen LogP contribution in [0, 0.1) is 5.41 Å². The Bertz CT molecular complexity index is 482. The third-order valence-corrected chi connectivity index (χ3v) is 5.16. The van der Waals surface area contributed by atoms with Crippen LogP contribution in [0.15, 0.2) is 4.99 Å². The van der Waals surface area contributed by atoms with Crippen LogP contribution >= 0.6 is 24.0 Å². The predicted octanol–water partition coefficient (Wildman–Crippen LogP) is 2.07. The zero-order valence-electron chi connectivity index (χ0n) is 15.0. The first-order valence-electron chi connectivity index (χ1n) is 8.12. The largest absolute Gasteiger partial charge is 0.357 e. The molecule has 0 heterocycles. The van der Waals surface area contributed by atoms with Gasteiger partial charge in [0.25, 0.3) is 0 Å². The Morgan fingerprint density at radius 2 is 1.83 bits per heavy atom. The molecule has 138 valence electrons. The van der Waals surface area contributed by atoms with Gasteiger partial charge < -0.3 is 10.6 Å². The SMILES string of the molecule is CCNC(=NCC(C)(C)NS(C)(=O)=O)NCC1(CC)CCC1.I. The molecule has 0 atom stereocenters. The van der Waals surface area contributed by atoms with Gasteiger partial charge in [0.2, 0.25) is 10.0 Å². The van der Waals surface area contributed by atoms with Gasteiger partial charge >= 0.3 is 0 Å². The van der Waals surface area contributed by atoms with Gasteiger partial charge in [0.1, 0.15) is 0 Å². The molecule has 6 nitrogen and oxygen atoms in total. The van der Waals surface area contributed by atoms with Gasteiger partial charge in [-0.1, -0.05) is 13.3 Å². The molecule has 0 bridgehead atoms. The molecule has 0 amide bonds. The van der Waals surface area contributed by atoms with Crippen LogP contribution in [0.4, 0.5) is 0 Å². The summed E-state index contributed by atoms with van der Waals surface area (Å²) < 4.78 is 25.3. The summed E-state index contributed by atoms with van der Waals surface area (Å²) in [5.41, 5.74) is -0.189. The third-order valence-electron chi connectivity index (χ3n) is 4.23. The molecule has 1 aliphatic rings. The highest BCUT2D eigenvalue weighted by atomic mass is 127. The summed E-state index contributed by atoms with van der Waals surface area (Å²) in [6.45, 7) is 10.0. The minimum absolute atomic E-state index is 0. The number of halogens is 1. The fourth-order valence-corrected chi connectivity index (χ4v) is 3.82. The van der Waals surface area contributed by atoms with Crippen molar-refractivity contribution in [2.45, 2.75) is 58.9 Å². The van der Waals surface area contributed by atoms with Crippen molar-refractivity contribution in [2.24, 2.45) is 10.4 Å². The molecule has 0 aromatic rings. The molecule has 0 unspecified atom stereocenters. The number of aliphatic imine (C=N–C) groups is 1. The van der Waals surface area contributed by atoms with E-state index < -0.39 is 15.6 Å². The van der Waals surface area contributed by atoms with Gasteiger partial charge in [-0.15, -0.1) is 24.0 Å². The quantitative estimate of drug-likeness (QED) is 0.294. The van der Waals surface area contributed by atoms with Crippen molar-refractivity contribution >= 4 is 40.0 Å². The molecule has 23 heavy (non-hydrogen) atoms. The van der Waals surface area contributed by atoms with Crippen molar-refractivity contribution in [1.82, 2.24) is 15.4 Å². The van der Waals surface area contributed by atoms with Gasteiger partial charge in [-0.2, -0.15) is 0 Å². The summed E-state index contributed by atoms with van der Waals surface area (Å²) in [7, 11) is -3.24. The lowest BCUT2D eigenvalue weighted by atomic mass is 9.67. The molecule has 8 heteroatoms. The Labute approximate surface area is 158 Å². The monoisotopic (exact) mass is 460 g/mol. The number of guanidine groups is 1. The molecule has 0 saturated heterocycles. The molecule has 0 aliphatic heterocycles. The van der Waals surface area contributed by atoms with Gasteiger partial charge in [0, 0.05) is 18.6 Å². The summed E-state index contributed by atoms with van der Waals surface area (Å²) >= 11 is 0. The Kier molecular flexibility index (Phi) is 9.37. The van der Waals surface area contributed by atoms with E-state index in [1.807, 2.05) is 20.8 Å². The van der Waals surface area contributed by atoms with E-state index in [1.54, 1.807) is 0 Å². The van der Waals surface area contributed by atoms with Crippen LogP contribution in [-0.2, 0) is 10.0 Å². The minimum Gasteiger partial charge on any atom is -0.357 e. The number of rotatable bonds is 8. The maximum absolute atomic E-state index is 11.4. The lowest BCUT2D eigenvalue weighted by Gasteiger charge is -2.41. The summed E-state index contributed by atoms with van der Waals surface area (Å²) in [4.78, 5) is 4.53. The van der Waals surface area contributed by atoms with Crippen molar-refractivity contribution in [3.05, 3.63) is 0 Å². The van der Waals surface area contributed by atoms with Gasteiger partial charge in [-0.25, -0.2) is 13.1 Å². The van der Waals surface area contributed by atoms with Crippen molar-refractivity contribution in [1.29, 1.82) is 0 Å². The number of sulfonamides is 1. The summed E-state index contributed by atoms with van der Waals surface area (Å²) in [6, 6.07) is 0. The fourth-order valence-electron chi connectivity index (χ4n) is 2.76. The first-order valence-corrected chi connectivity index (χ1v) is 10.0. The second kappa shape index (κ2) is 9.41. The summed E-state index contributed by atoms with van der Waals surface area (Å²) in [5, 5.41) is 6.64. The van der Waals surface area contributed by atoms with E-state index >= 15 is 0 Å². The number of hydrogen-bond acceptors (Lipinski definition) is 3. The Hall–Kier alpha value is -0.0900. The maximum atomic E-state index is 11.4. The smallest absolute Gasteiger partial charge is 0.209 e. The molecule has 0 aromatic heterocycles. The highest BCUT2D eigenvalue weighted by Crippen LogP contribution is 2.42. The molecule has 1 saturated carbocycles. The van der Waals surface area contributed by atoms with E-state index in [-0.39, 0.29) is 24.0 Å². The summed E-state index contributed by atoms with van der Waals surface area (Å²) in [6.07, 6.45) is 6.21. The first-order chi connectivity index (χ1) is 10.1. The predicted molar refractivity (Wildman–Crippen MR) is 108 cm³/mol. The molecule has 0 spiro atoms. The molecule has 3 N–H and O–H groups in total. The molecule has 1 fully saturated rings. The molecule has 1 rings (SSSR count). The molecule has 1 aliphatic carbocycles. The van der Waals surface area contributed by atoms with E-state index in [0.717, 1.165) is 19.0 Å². The zero-order chi connectivity index (χ0) is 16.9. The van der Waals surface area contributed by atoms with Crippen LogP contribution in [-0.4, -0.2) is 45.8 Å². The van der Waals surface area contributed by atoms with Crippen molar-refractivity contribution < 1.29 is 8.42 Å². The molecule has 0 aromatic carbocycles. The van der Waals surface area contributed by atoms with Gasteiger partial charge in [0.05, 0.1) is 12.8 Å². The third kappa shape index (κ3) is 8.53. The maximum Gasteiger partial charge on any atom is 0.209 e. The van der Waals surface area contributed by atoms with Crippen molar-refractivity contribution in [2.75, 3.05) is 25.9 Å². The van der Waals surface area contributed by atoms with Crippen LogP contribution in [0.25, 0.3) is 0 Å². The molecule has 0 radical (unpaired) electrons. The average molecular weight is 460 g/mol. The number of nitrogens with one attached hydrogen (secondary N) is 3. The summed E-state index contributed by atoms with van der Waals surface area (Å²) in [5.74, 6) is 0.755. The van der Waals surface area contributed by atoms with Gasteiger partial charge in [-0.3, -0.25) is 4.99 Å². The van der Waals surface area contributed by atoms with E-state index in [0.29, 0.717) is 12.0 Å². The lowest BCUT2D eigenvalue weighted by molar-refractivity contribution is 0.131. The highest BCUT2D eigenvalue weighted by Gasteiger charge is 2.35. The first kappa shape index (κ1) is 22.9. The fraction of sp³-hybridized carbons (Fsp3) is 0.933. The van der Waals surface area contributed by atoms with Crippen molar-refractivity contribution in [3.8, 4) is 0 Å². The van der Waals surface area contributed by atoms with Gasteiger partial charge in [0.15, 0.2) is 5.96 Å². The zero-order valence-corrected chi connectivity index (χ0v) is 18.2. The van der Waals surface area contributed by atoms with E-state index in [9.17, 15) is 8.42 Å². The van der Waals surface area contributed by atoms with E-state index in [4.69, 9.17) is 0 Å². The second-order valence-electron chi connectivity index (χ2n) is 7.01. The Morgan fingerprint density at radius 3 is 2.22 bits per heavy atom. The Morgan fingerprint density at radius 1 is 1.22 bits per heavy atom. The Balaban J connectivity index is 0.00000484. The van der Waals surface area contributed by atoms with Crippen LogP contribution in [0.1, 0.15) is 53.4 Å². The van der Waals surface area contributed by atoms with Crippen LogP contribution in [0.5, 0.6) is 0 Å². The molecular weight excluding hydrogens is 427 g/mol. The standard InChI is InChI=1S/C15H32N4O2S.HI/c1-6-15(9-8-10-15)12-18-13(16-7-2)17-11-14(3,4)19-22(5,20)21;/h19H,6-12H2,1-5H3,(H2,16,17,18);1H.